The third-order valence-corrected chi connectivity index (χ3v) is 6.09. The summed E-state index contributed by atoms with van der Waals surface area (Å²) in [5.74, 6) is -0.0751. The Morgan fingerprint density at radius 3 is 2.50 bits per heavy atom. The van der Waals surface area contributed by atoms with Crippen molar-refractivity contribution in [1.29, 1.82) is 0 Å². The highest BCUT2D eigenvalue weighted by Gasteiger charge is 2.18. The number of amides is 1. The Bertz CT molecular complexity index is 883. The van der Waals surface area contributed by atoms with E-state index < -0.39 is 10.0 Å². The summed E-state index contributed by atoms with van der Waals surface area (Å²) in [5, 5.41) is 2.95. The molecule has 0 fully saturated rings. The molecule has 0 saturated carbocycles. The van der Waals surface area contributed by atoms with Crippen LogP contribution >= 0.6 is 0 Å². The Hall–Kier alpha value is -2.22. The van der Waals surface area contributed by atoms with Crippen molar-refractivity contribution in [2.24, 2.45) is 0 Å². The standard InChI is InChI=1S/C21H28N2O4S/c1-4-17(18-8-6-5-7-9-18)15-22-21(24)20-14-19(11-10-16(20)2)28(25,26)23-12-13-27-3/h5-11,14,17,23H,4,12-13,15H2,1-3H3,(H,22,24)/t17-/m1/s1. The topological polar surface area (TPSA) is 84.5 Å². The zero-order valence-electron chi connectivity index (χ0n) is 16.6. The van der Waals surface area contributed by atoms with E-state index in [0.29, 0.717) is 12.1 Å². The fourth-order valence-corrected chi connectivity index (χ4v) is 3.95. The summed E-state index contributed by atoms with van der Waals surface area (Å²) >= 11 is 0. The van der Waals surface area contributed by atoms with Gasteiger partial charge in [0.1, 0.15) is 0 Å². The van der Waals surface area contributed by atoms with Crippen molar-refractivity contribution in [3.05, 3.63) is 65.2 Å². The van der Waals surface area contributed by atoms with Gasteiger partial charge in [-0.1, -0.05) is 43.3 Å². The molecule has 2 aromatic carbocycles. The molecular formula is C21H28N2O4S. The highest BCUT2D eigenvalue weighted by molar-refractivity contribution is 7.89. The number of nitrogens with one attached hydrogen (secondary N) is 2. The molecule has 0 spiro atoms. The lowest BCUT2D eigenvalue weighted by Gasteiger charge is -2.17. The average molecular weight is 405 g/mol. The second kappa shape index (κ2) is 10.4. The molecule has 1 atom stereocenters. The van der Waals surface area contributed by atoms with E-state index in [9.17, 15) is 13.2 Å². The molecule has 0 saturated heterocycles. The van der Waals surface area contributed by atoms with Gasteiger partial charge < -0.3 is 10.1 Å². The maximum Gasteiger partial charge on any atom is 0.251 e. The highest BCUT2D eigenvalue weighted by Crippen LogP contribution is 2.19. The lowest BCUT2D eigenvalue weighted by Crippen LogP contribution is -2.30. The molecular weight excluding hydrogens is 376 g/mol. The van der Waals surface area contributed by atoms with E-state index in [4.69, 9.17) is 4.74 Å². The fraction of sp³-hybridized carbons (Fsp3) is 0.381. The summed E-state index contributed by atoms with van der Waals surface area (Å²) in [6.07, 6.45) is 0.890. The number of ether oxygens (including phenoxy) is 1. The van der Waals surface area contributed by atoms with Gasteiger partial charge in [-0.15, -0.1) is 0 Å². The third kappa shape index (κ3) is 5.89. The number of sulfonamides is 1. The molecule has 0 aromatic heterocycles. The van der Waals surface area contributed by atoms with Crippen molar-refractivity contribution in [3.63, 3.8) is 0 Å². The summed E-state index contributed by atoms with van der Waals surface area (Å²) in [7, 11) is -2.19. The molecule has 0 aliphatic carbocycles. The number of methoxy groups -OCH3 is 1. The van der Waals surface area contributed by atoms with Gasteiger partial charge in [0.2, 0.25) is 10.0 Å². The second-order valence-electron chi connectivity index (χ2n) is 6.59. The molecule has 6 nitrogen and oxygen atoms in total. The van der Waals surface area contributed by atoms with Crippen LogP contribution in [0.3, 0.4) is 0 Å². The summed E-state index contributed by atoms with van der Waals surface area (Å²) in [6, 6.07) is 14.6. The summed E-state index contributed by atoms with van der Waals surface area (Å²) in [6.45, 7) is 4.80. The quantitative estimate of drug-likeness (QED) is 0.597. The van der Waals surface area contributed by atoms with Crippen molar-refractivity contribution < 1.29 is 17.9 Å². The number of rotatable bonds is 10. The van der Waals surface area contributed by atoms with E-state index >= 15 is 0 Å². The SMILES string of the molecule is CC[C@H](CNC(=O)c1cc(S(=O)(=O)NCCOC)ccc1C)c1ccccc1. The Balaban J connectivity index is 2.12. The minimum absolute atomic E-state index is 0.0643. The molecule has 2 N–H and O–H groups in total. The zero-order chi connectivity index (χ0) is 20.6. The van der Waals surface area contributed by atoms with Crippen molar-refractivity contribution in [1.82, 2.24) is 10.0 Å². The van der Waals surface area contributed by atoms with Crippen molar-refractivity contribution >= 4 is 15.9 Å². The zero-order valence-corrected chi connectivity index (χ0v) is 17.4. The van der Waals surface area contributed by atoms with Gasteiger partial charge in [-0.2, -0.15) is 0 Å². The average Bonchev–Trinajstić information content (AvgIpc) is 2.69. The monoisotopic (exact) mass is 404 g/mol. The van der Waals surface area contributed by atoms with Crippen LogP contribution in [0.15, 0.2) is 53.4 Å². The van der Waals surface area contributed by atoms with Gasteiger partial charge in [0.05, 0.1) is 11.5 Å². The van der Waals surface area contributed by atoms with Crippen LogP contribution in [0.2, 0.25) is 0 Å². The largest absolute Gasteiger partial charge is 0.383 e. The third-order valence-electron chi connectivity index (χ3n) is 4.64. The molecule has 0 radical (unpaired) electrons. The minimum atomic E-state index is -3.69. The molecule has 28 heavy (non-hydrogen) atoms. The maximum absolute atomic E-state index is 12.7. The number of carbonyl (C=O) groups is 1. The van der Waals surface area contributed by atoms with E-state index in [2.05, 4.69) is 17.0 Å². The second-order valence-corrected chi connectivity index (χ2v) is 8.36. The van der Waals surface area contributed by atoms with E-state index in [1.807, 2.05) is 30.3 Å². The molecule has 152 valence electrons. The van der Waals surface area contributed by atoms with E-state index in [0.717, 1.165) is 12.0 Å². The molecule has 1 amide bonds. The van der Waals surface area contributed by atoms with Gasteiger partial charge in [-0.05, 0) is 36.6 Å². The van der Waals surface area contributed by atoms with Crippen LogP contribution < -0.4 is 10.0 Å². The summed E-state index contributed by atoms with van der Waals surface area (Å²) in [5.41, 5.74) is 2.25. The fourth-order valence-electron chi connectivity index (χ4n) is 2.91. The first-order chi connectivity index (χ1) is 13.4. The molecule has 0 heterocycles. The molecule has 2 rings (SSSR count). The molecule has 0 bridgehead atoms. The van der Waals surface area contributed by atoms with E-state index in [1.54, 1.807) is 13.0 Å². The van der Waals surface area contributed by atoms with Gasteiger partial charge in [0.15, 0.2) is 0 Å². The smallest absolute Gasteiger partial charge is 0.251 e. The van der Waals surface area contributed by atoms with Gasteiger partial charge in [-0.3, -0.25) is 4.79 Å². The van der Waals surface area contributed by atoms with Crippen LogP contribution in [-0.4, -0.2) is 41.1 Å². The highest BCUT2D eigenvalue weighted by atomic mass is 32.2. The van der Waals surface area contributed by atoms with Crippen LogP contribution in [0.1, 0.15) is 40.7 Å². The van der Waals surface area contributed by atoms with Gasteiger partial charge in [0, 0.05) is 31.7 Å². The number of aryl methyl sites for hydroxylation is 1. The minimum Gasteiger partial charge on any atom is -0.383 e. The Morgan fingerprint density at radius 2 is 1.86 bits per heavy atom. The van der Waals surface area contributed by atoms with E-state index in [1.165, 1.54) is 24.8 Å². The number of carbonyl (C=O) groups excluding carboxylic acids is 1. The van der Waals surface area contributed by atoms with E-state index in [-0.39, 0.29) is 29.9 Å². The van der Waals surface area contributed by atoms with Crippen molar-refractivity contribution in [2.45, 2.75) is 31.1 Å². The number of hydrogen-bond donors (Lipinski definition) is 2. The molecule has 0 aliphatic heterocycles. The van der Waals surface area contributed by atoms with Crippen LogP contribution in [0.5, 0.6) is 0 Å². The lowest BCUT2D eigenvalue weighted by atomic mass is 9.96. The van der Waals surface area contributed by atoms with Crippen LogP contribution in [0.4, 0.5) is 0 Å². The lowest BCUT2D eigenvalue weighted by molar-refractivity contribution is 0.0950. The summed E-state index contributed by atoms with van der Waals surface area (Å²) < 4.78 is 32.1. The van der Waals surface area contributed by atoms with Gasteiger partial charge in [-0.25, -0.2) is 13.1 Å². The van der Waals surface area contributed by atoms with Crippen molar-refractivity contribution in [3.8, 4) is 0 Å². The molecule has 0 unspecified atom stereocenters. The first-order valence-electron chi connectivity index (χ1n) is 9.31. The number of hydrogen-bond acceptors (Lipinski definition) is 4. The van der Waals surface area contributed by atoms with Crippen LogP contribution in [0, 0.1) is 6.92 Å². The van der Waals surface area contributed by atoms with Gasteiger partial charge >= 0.3 is 0 Å². The summed E-state index contributed by atoms with van der Waals surface area (Å²) in [4.78, 5) is 12.8. The normalized spacial score (nSPS) is 12.5. The predicted octanol–water partition coefficient (Wildman–Crippen LogP) is 2.84. The molecule has 0 aliphatic rings. The van der Waals surface area contributed by atoms with Crippen LogP contribution in [-0.2, 0) is 14.8 Å². The maximum atomic E-state index is 12.7. The number of benzene rings is 2. The Morgan fingerprint density at radius 1 is 1.14 bits per heavy atom. The van der Waals surface area contributed by atoms with Gasteiger partial charge in [0.25, 0.3) is 5.91 Å². The first kappa shape index (κ1) is 22.1. The molecule has 2 aromatic rings. The Kier molecular flexibility index (Phi) is 8.17. The van der Waals surface area contributed by atoms with Crippen molar-refractivity contribution in [2.75, 3.05) is 26.8 Å². The molecule has 7 heteroatoms. The first-order valence-corrected chi connectivity index (χ1v) is 10.8. The van der Waals surface area contributed by atoms with Crippen LogP contribution in [0.25, 0.3) is 0 Å². The predicted molar refractivity (Wildman–Crippen MR) is 110 cm³/mol. The Labute approximate surface area is 167 Å².